The van der Waals surface area contributed by atoms with Crippen LogP contribution in [0.1, 0.15) is 5.56 Å². The van der Waals surface area contributed by atoms with E-state index < -0.39 is 0 Å². The van der Waals surface area contributed by atoms with Crippen LogP contribution in [0.5, 0.6) is 5.75 Å². The van der Waals surface area contributed by atoms with Crippen LogP contribution in [0.4, 0.5) is 0 Å². The van der Waals surface area contributed by atoms with Crippen LogP contribution in [-0.4, -0.2) is 19.1 Å². The zero-order valence-electron chi connectivity index (χ0n) is 8.82. The molecule has 1 rings (SSSR count). The highest BCUT2D eigenvalue weighted by atomic mass is 16.5. The molecule has 1 amide bonds. The summed E-state index contributed by atoms with van der Waals surface area (Å²) in [6, 6.07) is 7.79. The number of amides is 1. The molecule has 0 fully saturated rings. The van der Waals surface area contributed by atoms with E-state index in [1.54, 1.807) is 0 Å². The van der Waals surface area contributed by atoms with Crippen LogP contribution < -0.4 is 10.1 Å². The van der Waals surface area contributed by atoms with Crippen molar-refractivity contribution in [2.24, 2.45) is 0 Å². The summed E-state index contributed by atoms with van der Waals surface area (Å²) in [4.78, 5) is 10.8. The lowest BCUT2D eigenvalue weighted by molar-refractivity contribution is -0.116. The van der Waals surface area contributed by atoms with Crippen LogP contribution in [0.3, 0.4) is 0 Å². The Hall–Kier alpha value is -1.77. The van der Waals surface area contributed by atoms with E-state index in [1.165, 1.54) is 6.08 Å². The van der Waals surface area contributed by atoms with Gasteiger partial charge in [0, 0.05) is 0 Å². The van der Waals surface area contributed by atoms with Crippen LogP contribution in [0, 0.1) is 6.92 Å². The third-order valence-corrected chi connectivity index (χ3v) is 1.84. The molecular formula is C12H15NO2. The monoisotopic (exact) mass is 205 g/mol. The molecule has 3 nitrogen and oxygen atoms in total. The van der Waals surface area contributed by atoms with Gasteiger partial charge in [-0.15, -0.1) is 0 Å². The Kier molecular flexibility index (Phi) is 4.41. The van der Waals surface area contributed by atoms with Crippen LogP contribution >= 0.6 is 0 Å². The lowest BCUT2D eigenvalue weighted by Gasteiger charge is -2.06. The molecule has 0 saturated carbocycles. The molecule has 0 saturated heterocycles. The second-order valence-corrected chi connectivity index (χ2v) is 3.16. The first-order chi connectivity index (χ1) is 7.22. The van der Waals surface area contributed by atoms with Gasteiger partial charge in [0.15, 0.2) is 0 Å². The maximum Gasteiger partial charge on any atom is 0.243 e. The largest absolute Gasteiger partial charge is 0.492 e. The van der Waals surface area contributed by atoms with Crippen molar-refractivity contribution in [3.8, 4) is 5.75 Å². The van der Waals surface area contributed by atoms with Gasteiger partial charge in [-0.1, -0.05) is 18.7 Å². The van der Waals surface area contributed by atoms with E-state index in [0.717, 1.165) is 11.3 Å². The van der Waals surface area contributed by atoms with Crippen molar-refractivity contribution >= 4 is 5.91 Å². The van der Waals surface area contributed by atoms with Crippen molar-refractivity contribution in [2.75, 3.05) is 13.2 Å². The topological polar surface area (TPSA) is 38.3 Å². The lowest BCUT2D eigenvalue weighted by Crippen LogP contribution is -2.26. The van der Waals surface area contributed by atoms with Crippen molar-refractivity contribution in [1.29, 1.82) is 0 Å². The molecule has 0 aromatic heterocycles. The average molecular weight is 205 g/mol. The van der Waals surface area contributed by atoms with Crippen LogP contribution in [0.25, 0.3) is 0 Å². The second-order valence-electron chi connectivity index (χ2n) is 3.16. The summed E-state index contributed by atoms with van der Waals surface area (Å²) in [5.41, 5.74) is 1.16. The molecule has 1 aromatic carbocycles. The van der Waals surface area contributed by atoms with E-state index in [0.29, 0.717) is 13.2 Å². The Labute approximate surface area is 89.8 Å². The SMILES string of the molecule is C=CC(=O)NCCOc1cccc(C)c1. The molecule has 0 aliphatic rings. The van der Waals surface area contributed by atoms with E-state index >= 15 is 0 Å². The minimum absolute atomic E-state index is 0.178. The number of hydrogen-bond acceptors (Lipinski definition) is 2. The molecule has 0 bridgehead atoms. The fourth-order valence-electron chi connectivity index (χ4n) is 1.12. The molecule has 0 radical (unpaired) electrons. The summed E-state index contributed by atoms with van der Waals surface area (Å²) in [5.74, 6) is 0.644. The maximum atomic E-state index is 10.8. The first-order valence-corrected chi connectivity index (χ1v) is 4.82. The number of carbonyl (C=O) groups is 1. The Morgan fingerprint density at radius 3 is 3.07 bits per heavy atom. The van der Waals surface area contributed by atoms with E-state index in [1.807, 2.05) is 31.2 Å². The number of hydrogen-bond donors (Lipinski definition) is 1. The summed E-state index contributed by atoms with van der Waals surface area (Å²) in [6.45, 7) is 6.31. The predicted octanol–water partition coefficient (Wildman–Crippen LogP) is 1.68. The van der Waals surface area contributed by atoms with Gasteiger partial charge in [-0.3, -0.25) is 4.79 Å². The summed E-state index contributed by atoms with van der Waals surface area (Å²) in [7, 11) is 0. The number of aryl methyl sites for hydroxylation is 1. The molecule has 3 heteroatoms. The fraction of sp³-hybridized carbons (Fsp3) is 0.250. The molecule has 0 atom stereocenters. The standard InChI is InChI=1S/C12H15NO2/c1-3-12(14)13-7-8-15-11-6-4-5-10(2)9-11/h3-6,9H,1,7-8H2,2H3,(H,13,14). The van der Waals surface area contributed by atoms with Gasteiger partial charge in [0.1, 0.15) is 12.4 Å². The molecule has 0 aliphatic heterocycles. The molecular weight excluding hydrogens is 190 g/mol. The van der Waals surface area contributed by atoms with Crippen molar-refractivity contribution in [3.05, 3.63) is 42.5 Å². The van der Waals surface area contributed by atoms with Crippen LogP contribution in [0.15, 0.2) is 36.9 Å². The van der Waals surface area contributed by atoms with E-state index in [-0.39, 0.29) is 5.91 Å². The molecule has 80 valence electrons. The summed E-state index contributed by atoms with van der Waals surface area (Å²) >= 11 is 0. The third-order valence-electron chi connectivity index (χ3n) is 1.84. The first-order valence-electron chi connectivity index (χ1n) is 4.82. The average Bonchev–Trinajstić information content (AvgIpc) is 2.24. The predicted molar refractivity (Wildman–Crippen MR) is 59.9 cm³/mol. The van der Waals surface area contributed by atoms with Gasteiger partial charge in [-0.05, 0) is 30.7 Å². The Morgan fingerprint density at radius 2 is 2.40 bits per heavy atom. The molecule has 1 aromatic rings. The van der Waals surface area contributed by atoms with E-state index in [2.05, 4.69) is 11.9 Å². The molecule has 0 aliphatic carbocycles. The number of ether oxygens (including phenoxy) is 1. The zero-order chi connectivity index (χ0) is 11.1. The molecule has 0 unspecified atom stereocenters. The van der Waals surface area contributed by atoms with Crippen LogP contribution in [-0.2, 0) is 4.79 Å². The quantitative estimate of drug-likeness (QED) is 0.586. The maximum absolute atomic E-state index is 10.8. The second kappa shape index (κ2) is 5.86. The van der Waals surface area contributed by atoms with Gasteiger partial charge in [-0.25, -0.2) is 0 Å². The number of carbonyl (C=O) groups excluding carboxylic acids is 1. The number of nitrogens with one attached hydrogen (secondary N) is 1. The molecule has 0 spiro atoms. The van der Waals surface area contributed by atoms with Crippen molar-refractivity contribution < 1.29 is 9.53 Å². The smallest absolute Gasteiger partial charge is 0.243 e. The highest BCUT2D eigenvalue weighted by Crippen LogP contribution is 2.11. The highest BCUT2D eigenvalue weighted by molar-refractivity contribution is 5.86. The highest BCUT2D eigenvalue weighted by Gasteiger charge is 1.95. The third kappa shape index (κ3) is 4.31. The van der Waals surface area contributed by atoms with E-state index in [4.69, 9.17) is 4.74 Å². The number of benzene rings is 1. The summed E-state index contributed by atoms with van der Waals surface area (Å²) in [6.07, 6.45) is 1.24. The van der Waals surface area contributed by atoms with Gasteiger partial charge < -0.3 is 10.1 Å². The molecule has 1 N–H and O–H groups in total. The minimum Gasteiger partial charge on any atom is -0.492 e. The van der Waals surface area contributed by atoms with Gasteiger partial charge in [-0.2, -0.15) is 0 Å². The van der Waals surface area contributed by atoms with Gasteiger partial charge >= 0.3 is 0 Å². The molecule has 0 heterocycles. The first kappa shape index (κ1) is 11.3. The summed E-state index contributed by atoms with van der Waals surface area (Å²) < 4.78 is 5.43. The normalized spacial score (nSPS) is 9.40. The van der Waals surface area contributed by atoms with Crippen LogP contribution in [0.2, 0.25) is 0 Å². The fourth-order valence-corrected chi connectivity index (χ4v) is 1.12. The van der Waals surface area contributed by atoms with Gasteiger partial charge in [0.25, 0.3) is 0 Å². The van der Waals surface area contributed by atoms with Gasteiger partial charge in [0.2, 0.25) is 5.91 Å². The molecule has 15 heavy (non-hydrogen) atoms. The van der Waals surface area contributed by atoms with Crippen molar-refractivity contribution in [1.82, 2.24) is 5.32 Å². The Morgan fingerprint density at radius 1 is 1.60 bits per heavy atom. The lowest BCUT2D eigenvalue weighted by atomic mass is 10.2. The van der Waals surface area contributed by atoms with E-state index in [9.17, 15) is 4.79 Å². The minimum atomic E-state index is -0.178. The van der Waals surface area contributed by atoms with Crippen molar-refractivity contribution in [3.63, 3.8) is 0 Å². The number of rotatable bonds is 5. The Balaban J connectivity index is 2.26. The summed E-state index contributed by atoms with van der Waals surface area (Å²) in [5, 5.41) is 2.64. The zero-order valence-corrected chi connectivity index (χ0v) is 8.82. The van der Waals surface area contributed by atoms with Gasteiger partial charge in [0.05, 0.1) is 6.54 Å². The Bertz CT molecular complexity index is 347. The van der Waals surface area contributed by atoms with Crippen molar-refractivity contribution in [2.45, 2.75) is 6.92 Å².